The van der Waals surface area contributed by atoms with Crippen molar-refractivity contribution in [2.24, 2.45) is 7.05 Å². The van der Waals surface area contributed by atoms with Crippen LogP contribution in [0.3, 0.4) is 0 Å². The molecule has 0 saturated heterocycles. The van der Waals surface area contributed by atoms with E-state index >= 15 is 0 Å². The third kappa shape index (κ3) is 1.29. The number of benzene rings is 1. The van der Waals surface area contributed by atoms with Crippen LogP contribution in [0.1, 0.15) is 0 Å². The number of aromatic amines is 1. The molecule has 0 aliphatic carbocycles. The van der Waals surface area contributed by atoms with Gasteiger partial charge in [0, 0.05) is 5.56 Å². The van der Waals surface area contributed by atoms with E-state index in [2.05, 4.69) is 25.4 Å². The summed E-state index contributed by atoms with van der Waals surface area (Å²) in [6.07, 6.45) is 0. The van der Waals surface area contributed by atoms with E-state index in [4.69, 9.17) is 5.73 Å². The lowest BCUT2D eigenvalue weighted by molar-refractivity contribution is 0.630. The van der Waals surface area contributed by atoms with E-state index in [0.29, 0.717) is 11.8 Å². The number of imidazole rings is 1. The lowest BCUT2D eigenvalue weighted by atomic mass is 10.2. The molecule has 0 unspecified atom stereocenters. The normalized spacial score (nSPS) is 11.1. The van der Waals surface area contributed by atoms with Gasteiger partial charge in [-0.3, -0.25) is 0 Å². The quantitative estimate of drug-likeness (QED) is 0.609. The summed E-state index contributed by atoms with van der Waals surface area (Å²) in [4.78, 5) is 8.49. The molecule has 3 N–H and O–H groups in total. The molecule has 1 aromatic carbocycles. The van der Waals surface area contributed by atoms with Gasteiger partial charge in [0.1, 0.15) is 0 Å². The van der Waals surface area contributed by atoms with Crippen molar-refractivity contribution in [2.75, 3.05) is 5.73 Å². The Bertz CT molecular complexity index is 651. The van der Waals surface area contributed by atoms with Gasteiger partial charge in [0.2, 0.25) is 5.82 Å². The van der Waals surface area contributed by atoms with Gasteiger partial charge in [-0.15, -0.1) is 10.2 Å². The zero-order valence-electron chi connectivity index (χ0n) is 8.55. The number of anilines is 1. The summed E-state index contributed by atoms with van der Waals surface area (Å²) in [7, 11) is 1.73. The summed E-state index contributed by atoms with van der Waals surface area (Å²) in [5.74, 6) is 0.983. The van der Waals surface area contributed by atoms with Gasteiger partial charge in [0.25, 0.3) is 0 Å². The first-order chi connectivity index (χ1) is 7.72. The minimum absolute atomic E-state index is 0.402. The molecule has 2 heterocycles. The number of nitrogen functional groups attached to an aromatic ring is 1. The Hall–Kier alpha value is -2.44. The molecule has 3 rings (SSSR count). The minimum atomic E-state index is 0.402. The number of tetrazole rings is 1. The van der Waals surface area contributed by atoms with Crippen molar-refractivity contribution >= 4 is 17.0 Å². The van der Waals surface area contributed by atoms with Gasteiger partial charge in [-0.05, 0) is 23.4 Å². The van der Waals surface area contributed by atoms with Crippen LogP contribution in [0.2, 0.25) is 0 Å². The van der Waals surface area contributed by atoms with Crippen LogP contribution in [0, 0.1) is 0 Å². The average Bonchev–Trinajstić information content (AvgIpc) is 2.81. The van der Waals surface area contributed by atoms with Crippen molar-refractivity contribution in [1.29, 1.82) is 0 Å². The Kier molecular flexibility index (Phi) is 1.67. The van der Waals surface area contributed by atoms with Crippen molar-refractivity contribution in [3.05, 3.63) is 18.2 Å². The average molecular weight is 215 g/mol. The second kappa shape index (κ2) is 3.02. The van der Waals surface area contributed by atoms with E-state index in [0.717, 1.165) is 16.6 Å². The molecule has 0 bridgehead atoms. The van der Waals surface area contributed by atoms with Crippen molar-refractivity contribution in [3.63, 3.8) is 0 Å². The molecule has 0 aliphatic heterocycles. The van der Waals surface area contributed by atoms with E-state index in [1.165, 1.54) is 4.80 Å². The van der Waals surface area contributed by atoms with Crippen LogP contribution < -0.4 is 5.73 Å². The Balaban J connectivity index is 2.17. The van der Waals surface area contributed by atoms with Gasteiger partial charge in [0.05, 0.1) is 18.1 Å². The van der Waals surface area contributed by atoms with Gasteiger partial charge in [-0.1, -0.05) is 0 Å². The Morgan fingerprint density at radius 2 is 2.25 bits per heavy atom. The van der Waals surface area contributed by atoms with Gasteiger partial charge in [-0.25, -0.2) is 4.98 Å². The molecular weight excluding hydrogens is 206 g/mol. The van der Waals surface area contributed by atoms with Gasteiger partial charge in [-0.2, -0.15) is 4.80 Å². The number of H-pyrrole nitrogens is 1. The van der Waals surface area contributed by atoms with Crippen LogP contribution in [-0.2, 0) is 7.05 Å². The monoisotopic (exact) mass is 215 g/mol. The van der Waals surface area contributed by atoms with E-state index in [-0.39, 0.29) is 0 Å². The molecule has 80 valence electrons. The molecule has 0 amide bonds. The van der Waals surface area contributed by atoms with E-state index < -0.39 is 0 Å². The fourth-order valence-electron chi connectivity index (χ4n) is 1.57. The number of fused-ring (bicyclic) bond motifs is 1. The summed E-state index contributed by atoms with van der Waals surface area (Å²) in [6.45, 7) is 0. The van der Waals surface area contributed by atoms with Crippen LogP contribution in [-0.4, -0.2) is 30.2 Å². The molecule has 0 aliphatic rings. The highest BCUT2D eigenvalue weighted by Gasteiger charge is 2.06. The van der Waals surface area contributed by atoms with Crippen LogP contribution in [0.25, 0.3) is 22.4 Å². The van der Waals surface area contributed by atoms with Gasteiger partial charge >= 0.3 is 0 Å². The van der Waals surface area contributed by atoms with E-state index in [9.17, 15) is 0 Å². The molecule has 7 nitrogen and oxygen atoms in total. The maximum Gasteiger partial charge on any atom is 0.204 e. The number of rotatable bonds is 1. The number of hydrogen-bond donors (Lipinski definition) is 2. The molecule has 3 aromatic rings. The van der Waals surface area contributed by atoms with Crippen LogP contribution in [0.15, 0.2) is 18.2 Å². The lowest BCUT2D eigenvalue weighted by Crippen LogP contribution is -1.91. The minimum Gasteiger partial charge on any atom is -0.369 e. The molecule has 0 atom stereocenters. The zero-order valence-corrected chi connectivity index (χ0v) is 8.55. The first-order valence-electron chi connectivity index (χ1n) is 4.72. The fraction of sp³-hybridized carbons (Fsp3) is 0.111. The number of nitrogens with one attached hydrogen (secondary N) is 1. The second-order valence-electron chi connectivity index (χ2n) is 3.46. The lowest BCUT2D eigenvalue weighted by Gasteiger charge is -1.93. The van der Waals surface area contributed by atoms with Crippen molar-refractivity contribution in [1.82, 2.24) is 30.2 Å². The van der Waals surface area contributed by atoms with E-state index in [1.807, 2.05) is 18.2 Å². The largest absolute Gasteiger partial charge is 0.369 e. The van der Waals surface area contributed by atoms with Crippen LogP contribution in [0.5, 0.6) is 0 Å². The highest BCUT2D eigenvalue weighted by molar-refractivity contribution is 5.81. The highest BCUT2D eigenvalue weighted by Crippen LogP contribution is 2.20. The van der Waals surface area contributed by atoms with E-state index in [1.54, 1.807) is 7.05 Å². The summed E-state index contributed by atoms with van der Waals surface area (Å²) in [5.41, 5.74) is 8.14. The van der Waals surface area contributed by atoms with Gasteiger partial charge in [0.15, 0.2) is 5.95 Å². The summed E-state index contributed by atoms with van der Waals surface area (Å²) in [6, 6.07) is 5.66. The Labute approximate surface area is 90.3 Å². The predicted molar refractivity (Wildman–Crippen MR) is 58.3 cm³/mol. The number of aryl methyl sites for hydroxylation is 1. The number of nitrogens with two attached hydrogens (primary N) is 1. The Morgan fingerprint density at radius 1 is 1.38 bits per heavy atom. The predicted octanol–water partition coefficient (Wildman–Crippen LogP) is 0.336. The zero-order chi connectivity index (χ0) is 11.1. The smallest absolute Gasteiger partial charge is 0.204 e. The maximum absolute atomic E-state index is 5.57. The molecule has 0 radical (unpaired) electrons. The summed E-state index contributed by atoms with van der Waals surface area (Å²) < 4.78 is 0. The molecule has 0 saturated carbocycles. The standard InChI is InChI=1S/C9H9N7/c1-16-14-8(13-15-16)5-2-3-6-7(4-5)12-9(10)11-6/h2-4H,1H3,(H3,10,11,12). The SMILES string of the molecule is Cn1nnc(-c2ccc3nc(N)[nH]c3c2)n1. The molecule has 7 heteroatoms. The Morgan fingerprint density at radius 3 is 3.00 bits per heavy atom. The number of aromatic nitrogens is 6. The number of hydrogen-bond acceptors (Lipinski definition) is 5. The van der Waals surface area contributed by atoms with Crippen molar-refractivity contribution < 1.29 is 0 Å². The third-order valence-corrected chi connectivity index (χ3v) is 2.27. The first kappa shape index (κ1) is 8.84. The third-order valence-electron chi connectivity index (χ3n) is 2.27. The first-order valence-corrected chi connectivity index (χ1v) is 4.72. The second-order valence-corrected chi connectivity index (χ2v) is 3.46. The van der Waals surface area contributed by atoms with Crippen molar-refractivity contribution in [3.8, 4) is 11.4 Å². The summed E-state index contributed by atoms with van der Waals surface area (Å²) in [5, 5.41) is 11.8. The molecule has 2 aromatic heterocycles. The topological polar surface area (TPSA) is 98.3 Å². The van der Waals surface area contributed by atoms with Crippen LogP contribution >= 0.6 is 0 Å². The van der Waals surface area contributed by atoms with Crippen molar-refractivity contribution in [2.45, 2.75) is 0 Å². The maximum atomic E-state index is 5.57. The summed E-state index contributed by atoms with van der Waals surface area (Å²) >= 11 is 0. The molecular formula is C9H9N7. The fourth-order valence-corrected chi connectivity index (χ4v) is 1.57. The number of nitrogens with zero attached hydrogens (tertiary/aromatic N) is 5. The molecule has 0 fully saturated rings. The van der Waals surface area contributed by atoms with Crippen LogP contribution in [0.4, 0.5) is 5.95 Å². The molecule has 16 heavy (non-hydrogen) atoms. The van der Waals surface area contributed by atoms with Gasteiger partial charge < -0.3 is 10.7 Å². The highest BCUT2D eigenvalue weighted by atomic mass is 15.6. The molecule has 0 spiro atoms.